The lowest BCUT2D eigenvalue weighted by Gasteiger charge is -2.27. The molecule has 1 heterocycles. The Bertz CT molecular complexity index is 771. The van der Waals surface area contributed by atoms with E-state index in [0.29, 0.717) is 12.3 Å². The van der Waals surface area contributed by atoms with E-state index in [1.54, 1.807) is 0 Å². The predicted octanol–water partition coefficient (Wildman–Crippen LogP) is 5.43. The van der Waals surface area contributed by atoms with Crippen LogP contribution in [0.5, 0.6) is 5.75 Å². The zero-order chi connectivity index (χ0) is 18.9. The van der Waals surface area contributed by atoms with Crippen molar-refractivity contribution in [3.05, 3.63) is 71.9 Å². The van der Waals surface area contributed by atoms with Crippen LogP contribution in [0.15, 0.2) is 60.8 Å². The third-order valence-corrected chi connectivity index (χ3v) is 4.69. The molecule has 1 N–H and O–H groups in total. The second kappa shape index (κ2) is 9.81. The number of hydrogen-bond acceptors (Lipinski definition) is 3. The number of carbonyl (C=O) groups excluding carboxylic acids is 1. The van der Waals surface area contributed by atoms with Crippen molar-refractivity contribution in [1.29, 1.82) is 0 Å². The zero-order valence-electron chi connectivity index (χ0n) is 16.0. The van der Waals surface area contributed by atoms with Crippen LogP contribution in [-0.4, -0.2) is 12.6 Å². The number of benzene rings is 2. The molecule has 2 aromatic carbocycles. The molecule has 0 fully saturated rings. The standard InChI is InChI=1S/C23H28N2O2/c1-2-3-4-8-15-24-23(26)27-21-13-14-22-20(17-21)12-9-16-25(22)18-19-10-6-5-7-11-19/h5-7,9-11,13-14,16-17H,2-4,8,12,15,18H2,1H3,(H,24,26). The van der Waals surface area contributed by atoms with Gasteiger partial charge in [0.1, 0.15) is 5.75 Å². The summed E-state index contributed by atoms with van der Waals surface area (Å²) in [6.45, 7) is 3.66. The molecule has 1 aliphatic rings. The van der Waals surface area contributed by atoms with Crippen LogP contribution in [0.4, 0.5) is 10.5 Å². The van der Waals surface area contributed by atoms with Crippen molar-refractivity contribution in [2.75, 3.05) is 11.4 Å². The number of anilines is 1. The van der Waals surface area contributed by atoms with Gasteiger partial charge < -0.3 is 15.0 Å². The molecule has 142 valence electrons. The topological polar surface area (TPSA) is 41.6 Å². The first-order valence-electron chi connectivity index (χ1n) is 9.82. The van der Waals surface area contributed by atoms with E-state index in [9.17, 15) is 4.79 Å². The minimum absolute atomic E-state index is 0.376. The lowest BCUT2D eigenvalue weighted by Crippen LogP contribution is -2.27. The van der Waals surface area contributed by atoms with Crippen LogP contribution in [0.2, 0.25) is 0 Å². The number of allylic oxidation sites excluding steroid dienone is 1. The van der Waals surface area contributed by atoms with E-state index < -0.39 is 0 Å². The van der Waals surface area contributed by atoms with Gasteiger partial charge in [-0.25, -0.2) is 4.79 Å². The van der Waals surface area contributed by atoms with Crippen LogP contribution in [0, 0.1) is 0 Å². The molecule has 0 radical (unpaired) electrons. The minimum Gasteiger partial charge on any atom is -0.410 e. The Labute approximate surface area is 161 Å². The second-order valence-corrected chi connectivity index (χ2v) is 6.87. The number of nitrogens with zero attached hydrogens (tertiary/aromatic N) is 1. The first-order valence-corrected chi connectivity index (χ1v) is 9.82. The summed E-state index contributed by atoms with van der Waals surface area (Å²) < 4.78 is 5.45. The maximum Gasteiger partial charge on any atom is 0.412 e. The van der Waals surface area contributed by atoms with Crippen molar-refractivity contribution in [2.45, 2.75) is 45.6 Å². The monoisotopic (exact) mass is 364 g/mol. The van der Waals surface area contributed by atoms with Gasteiger partial charge in [-0.15, -0.1) is 0 Å². The van der Waals surface area contributed by atoms with Gasteiger partial charge in [-0.05, 0) is 42.2 Å². The normalized spacial score (nSPS) is 12.6. The maximum atomic E-state index is 12.0. The number of ether oxygens (including phenoxy) is 1. The van der Waals surface area contributed by atoms with Crippen LogP contribution in [-0.2, 0) is 13.0 Å². The van der Waals surface area contributed by atoms with Gasteiger partial charge in [-0.2, -0.15) is 0 Å². The number of carbonyl (C=O) groups is 1. The van der Waals surface area contributed by atoms with Crippen LogP contribution >= 0.6 is 0 Å². The molecule has 0 aromatic heterocycles. The quantitative estimate of drug-likeness (QED) is 0.635. The number of fused-ring (bicyclic) bond motifs is 1. The highest BCUT2D eigenvalue weighted by Crippen LogP contribution is 2.30. The lowest BCUT2D eigenvalue weighted by atomic mass is 10.0. The average molecular weight is 364 g/mol. The molecule has 4 nitrogen and oxygen atoms in total. The number of rotatable bonds is 8. The van der Waals surface area contributed by atoms with Crippen LogP contribution in [0.25, 0.3) is 0 Å². The van der Waals surface area contributed by atoms with Gasteiger partial charge in [0.15, 0.2) is 0 Å². The highest BCUT2D eigenvalue weighted by molar-refractivity contribution is 5.71. The van der Waals surface area contributed by atoms with E-state index in [4.69, 9.17) is 4.74 Å². The summed E-state index contributed by atoms with van der Waals surface area (Å²) in [5.41, 5.74) is 3.59. The molecule has 1 amide bonds. The molecular formula is C23H28N2O2. The minimum atomic E-state index is -0.376. The molecule has 0 saturated carbocycles. The first-order chi connectivity index (χ1) is 13.3. The molecule has 0 aliphatic carbocycles. The zero-order valence-corrected chi connectivity index (χ0v) is 16.0. The summed E-state index contributed by atoms with van der Waals surface area (Å²) in [4.78, 5) is 14.2. The van der Waals surface area contributed by atoms with E-state index in [1.807, 2.05) is 24.3 Å². The van der Waals surface area contributed by atoms with Crippen molar-refractivity contribution >= 4 is 11.8 Å². The third-order valence-electron chi connectivity index (χ3n) is 4.69. The SMILES string of the molecule is CCCCCCNC(=O)Oc1ccc2c(c1)CC=CN2Cc1ccccc1. The molecule has 0 atom stereocenters. The van der Waals surface area contributed by atoms with E-state index in [2.05, 4.69) is 53.7 Å². The van der Waals surface area contributed by atoms with Gasteiger partial charge in [0.25, 0.3) is 0 Å². The van der Waals surface area contributed by atoms with Crippen molar-refractivity contribution in [3.63, 3.8) is 0 Å². The smallest absolute Gasteiger partial charge is 0.410 e. The first kappa shape index (κ1) is 19.0. The van der Waals surface area contributed by atoms with Crippen molar-refractivity contribution in [3.8, 4) is 5.75 Å². The molecule has 0 bridgehead atoms. The van der Waals surface area contributed by atoms with Gasteiger partial charge in [0.2, 0.25) is 0 Å². The van der Waals surface area contributed by atoms with Crippen molar-refractivity contribution < 1.29 is 9.53 Å². The van der Waals surface area contributed by atoms with Gasteiger partial charge >= 0.3 is 6.09 Å². The molecule has 1 aliphatic heterocycles. The highest BCUT2D eigenvalue weighted by Gasteiger charge is 2.15. The summed E-state index contributed by atoms with van der Waals surface area (Å²) in [5.74, 6) is 0.592. The van der Waals surface area contributed by atoms with Gasteiger partial charge in [0.05, 0.1) is 0 Å². The molecule has 0 spiro atoms. The van der Waals surface area contributed by atoms with Gasteiger partial charge in [-0.3, -0.25) is 0 Å². The summed E-state index contributed by atoms with van der Waals surface area (Å²) in [5, 5.41) is 2.83. The van der Waals surface area contributed by atoms with Crippen LogP contribution in [0.1, 0.15) is 43.7 Å². The van der Waals surface area contributed by atoms with Crippen molar-refractivity contribution in [2.24, 2.45) is 0 Å². The summed E-state index contributed by atoms with van der Waals surface area (Å²) in [6, 6.07) is 16.3. The number of hydrogen-bond donors (Lipinski definition) is 1. The molecule has 2 aromatic rings. The Kier molecular flexibility index (Phi) is 6.91. The molecular weight excluding hydrogens is 336 g/mol. The Hall–Kier alpha value is -2.75. The molecule has 3 rings (SSSR count). The van der Waals surface area contributed by atoms with E-state index in [1.165, 1.54) is 24.0 Å². The number of nitrogens with one attached hydrogen (secondary N) is 1. The second-order valence-electron chi connectivity index (χ2n) is 6.87. The Balaban J connectivity index is 1.57. The fourth-order valence-electron chi connectivity index (χ4n) is 3.26. The van der Waals surface area contributed by atoms with Gasteiger partial charge in [-0.1, -0.05) is 62.6 Å². The largest absolute Gasteiger partial charge is 0.412 e. The van der Waals surface area contributed by atoms with E-state index in [0.717, 1.165) is 31.5 Å². The summed E-state index contributed by atoms with van der Waals surface area (Å²) in [6.07, 6.45) is 9.26. The maximum absolute atomic E-state index is 12.0. The fraction of sp³-hybridized carbons (Fsp3) is 0.348. The Morgan fingerprint density at radius 1 is 1.11 bits per heavy atom. The van der Waals surface area contributed by atoms with Crippen molar-refractivity contribution in [1.82, 2.24) is 5.32 Å². The van der Waals surface area contributed by atoms with Gasteiger partial charge in [0, 0.05) is 25.0 Å². The van der Waals surface area contributed by atoms with Crippen LogP contribution < -0.4 is 15.0 Å². The van der Waals surface area contributed by atoms with Crippen LogP contribution in [0.3, 0.4) is 0 Å². The van der Waals surface area contributed by atoms with E-state index in [-0.39, 0.29) is 6.09 Å². The average Bonchev–Trinajstić information content (AvgIpc) is 2.69. The summed E-state index contributed by atoms with van der Waals surface area (Å²) >= 11 is 0. The number of amides is 1. The molecule has 0 saturated heterocycles. The Morgan fingerprint density at radius 3 is 2.78 bits per heavy atom. The summed E-state index contributed by atoms with van der Waals surface area (Å²) in [7, 11) is 0. The predicted molar refractivity (Wildman–Crippen MR) is 110 cm³/mol. The lowest BCUT2D eigenvalue weighted by molar-refractivity contribution is 0.200. The molecule has 4 heteroatoms. The Morgan fingerprint density at radius 2 is 1.96 bits per heavy atom. The fourth-order valence-corrected chi connectivity index (χ4v) is 3.26. The molecule has 0 unspecified atom stereocenters. The third kappa shape index (κ3) is 5.61. The highest BCUT2D eigenvalue weighted by atomic mass is 16.6. The van der Waals surface area contributed by atoms with E-state index >= 15 is 0 Å². The molecule has 27 heavy (non-hydrogen) atoms. The number of unbranched alkanes of at least 4 members (excludes halogenated alkanes) is 3.